The summed E-state index contributed by atoms with van der Waals surface area (Å²) in [6, 6.07) is 25.5. The lowest BCUT2D eigenvalue weighted by atomic mass is 10.2. The molecule has 0 aliphatic carbocycles. The van der Waals surface area contributed by atoms with Crippen molar-refractivity contribution in [3.63, 3.8) is 0 Å². The van der Waals surface area contributed by atoms with Crippen LogP contribution in [0, 0.1) is 0 Å². The average molecular weight is 549 g/mol. The van der Waals surface area contributed by atoms with Gasteiger partial charge in [-0.25, -0.2) is 10.2 Å². The number of halogens is 2. The summed E-state index contributed by atoms with van der Waals surface area (Å²) in [5.41, 5.74) is 4.73. The third-order valence-electron chi connectivity index (χ3n) is 5.30. The van der Waals surface area contributed by atoms with Gasteiger partial charge in [-0.05, 0) is 77.9 Å². The number of rotatable bonds is 9. The van der Waals surface area contributed by atoms with Gasteiger partial charge in [-0.3, -0.25) is 4.79 Å². The van der Waals surface area contributed by atoms with E-state index in [1.807, 2.05) is 12.1 Å². The van der Waals surface area contributed by atoms with Gasteiger partial charge >= 0.3 is 5.97 Å². The number of amides is 1. The Balaban J connectivity index is 1.32. The van der Waals surface area contributed by atoms with Crippen molar-refractivity contribution in [2.24, 2.45) is 5.10 Å². The molecule has 0 heterocycles. The zero-order valence-electron chi connectivity index (χ0n) is 20.2. The van der Waals surface area contributed by atoms with Crippen molar-refractivity contribution in [1.82, 2.24) is 5.43 Å². The number of hydrogen-bond donors (Lipinski definition) is 1. The molecular formula is C29H22Cl2N2O5. The Morgan fingerprint density at radius 1 is 0.895 bits per heavy atom. The maximum absolute atomic E-state index is 12.5. The highest BCUT2D eigenvalue weighted by molar-refractivity contribution is 6.33. The lowest BCUT2D eigenvalue weighted by molar-refractivity contribution is 0.0729. The summed E-state index contributed by atoms with van der Waals surface area (Å²) < 4.78 is 16.5. The van der Waals surface area contributed by atoms with Crippen LogP contribution in [-0.2, 0) is 6.61 Å². The Morgan fingerprint density at radius 2 is 1.63 bits per heavy atom. The molecule has 0 saturated carbocycles. The summed E-state index contributed by atoms with van der Waals surface area (Å²) >= 11 is 12.0. The van der Waals surface area contributed by atoms with Gasteiger partial charge in [0.15, 0.2) is 11.5 Å². The summed E-state index contributed by atoms with van der Waals surface area (Å²) in [5, 5.41) is 4.95. The van der Waals surface area contributed by atoms with Crippen molar-refractivity contribution in [2.75, 3.05) is 7.11 Å². The van der Waals surface area contributed by atoms with Crippen LogP contribution in [0.4, 0.5) is 0 Å². The fraction of sp³-hybridized carbons (Fsp3) is 0.0690. The summed E-state index contributed by atoms with van der Waals surface area (Å²) in [6.45, 7) is 0.383. The van der Waals surface area contributed by atoms with E-state index in [4.69, 9.17) is 37.4 Å². The van der Waals surface area contributed by atoms with Crippen LogP contribution in [0.3, 0.4) is 0 Å². The first-order chi connectivity index (χ1) is 18.4. The highest BCUT2D eigenvalue weighted by Crippen LogP contribution is 2.29. The van der Waals surface area contributed by atoms with Gasteiger partial charge in [0.05, 0.1) is 23.9 Å². The van der Waals surface area contributed by atoms with Crippen LogP contribution in [0.25, 0.3) is 0 Å². The summed E-state index contributed by atoms with van der Waals surface area (Å²) in [4.78, 5) is 24.9. The maximum atomic E-state index is 12.5. The van der Waals surface area contributed by atoms with Crippen molar-refractivity contribution in [3.05, 3.63) is 123 Å². The summed E-state index contributed by atoms with van der Waals surface area (Å²) in [6.07, 6.45) is 1.45. The lowest BCUT2D eigenvalue weighted by Crippen LogP contribution is -2.17. The molecule has 0 spiro atoms. The van der Waals surface area contributed by atoms with E-state index in [1.165, 1.54) is 13.3 Å². The minimum atomic E-state index is -0.607. The Bertz CT molecular complexity index is 1460. The normalized spacial score (nSPS) is 10.7. The number of nitrogens with zero attached hydrogens (tertiary/aromatic N) is 1. The van der Waals surface area contributed by atoms with Gasteiger partial charge in [-0.1, -0.05) is 47.5 Å². The standard InChI is InChI=1S/C29H22Cl2N2O5/c1-36-27-16-20(8-15-26(27)38-29(35)24-4-2-3-5-25(24)31)17-32-33-28(34)21-9-13-23(14-10-21)37-18-19-6-11-22(30)12-7-19/h2-17H,18H2,1H3,(H,33,34)/b32-17+. The number of benzene rings is 4. The molecule has 0 fully saturated rings. The molecule has 4 rings (SSSR count). The molecule has 1 amide bonds. The van der Waals surface area contributed by atoms with Crippen molar-refractivity contribution in [3.8, 4) is 17.2 Å². The predicted octanol–water partition coefficient (Wildman–Crippen LogP) is 6.56. The van der Waals surface area contributed by atoms with E-state index in [1.54, 1.807) is 78.9 Å². The van der Waals surface area contributed by atoms with E-state index in [2.05, 4.69) is 10.5 Å². The van der Waals surface area contributed by atoms with E-state index in [0.29, 0.717) is 34.3 Å². The summed E-state index contributed by atoms with van der Waals surface area (Å²) in [7, 11) is 1.45. The van der Waals surface area contributed by atoms with E-state index in [9.17, 15) is 9.59 Å². The third-order valence-corrected chi connectivity index (χ3v) is 5.88. The Labute approximate surface area is 229 Å². The van der Waals surface area contributed by atoms with Crippen LogP contribution in [0.2, 0.25) is 10.0 Å². The second kappa shape index (κ2) is 12.8. The molecular weight excluding hydrogens is 527 g/mol. The predicted molar refractivity (Wildman–Crippen MR) is 147 cm³/mol. The second-order valence-electron chi connectivity index (χ2n) is 7.92. The first kappa shape index (κ1) is 26.7. The molecule has 192 valence electrons. The molecule has 7 nitrogen and oxygen atoms in total. The monoisotopic (exact) mass is 548 g/mol. The van der Waals surface area contributed by atoms with Crippen LogP contribution in [0.15, 0.2) is 96.1 Å². The molecule has 0 aromatic heterocycles. The first-order valence-corrected chi connectivity index (χ1v) is 12.1. The van der Waals surface area contributed by atoms with Gasteiger partial charge in [0.25, 0.3) is 5.91 Å². The minimum absolute atomic E-state index is 0.219. The third kappa shape index (κ3) is 7.12. The van der Waals surface area contributed by atoms with Gasteiger partial charge < -0.3 is 14.2 Å². The largest absolute Gasteiger partial charge is 0.493 e. The molecule has 1 N–H and O–H groups in total. The molecule has 38 heavy (non-hydrogen) atoms. The Morgan fingerprint density at radius 3 is 2.34 bits per heavy atom. The molecule has 0 unspecified atom stereocenters. The fourth-order valence-electron chi connectivity index (χ4n) is 3.31. The average Bonchev–Trinajstić information content (AvgIpc) is 2.94. The van der Waals surface area contributed by atoms with Gasteiger partial charge in [0.1, 0.15) is 12.4 Å². The van der Waals surface area contributed by atoms with Crippen LogP contribution in [0.1, 0.15) is 31.8 Å². The number of hydrogen-bond acceptors (Lipinski definition) is 6. The van der Waals surface area contributed by atoms with Crippen LogP contribution in [0.5, 0.6) is 17.2 Å². The van der Waals surface area contributed by atoms with Gasteiger partial charge in [-0.15, -0.1) is 0 Å². The topological polar surface area (TPSA) is 86.2 Å². The number of nitrogens with one attached hydrogen (secondary N) is 1. The number of carbonyl (C=O) groups is 2. The molecule has 0 saturated heterocycles. The number of methoxy groups -OCH3 is 1. The van der Waals surface area contributed by atoms with Crippen molar-refractivity contribution in [1.29, 1.82) is 0 Å². The van der Waals surface area contributed by atoms with Crippen LogP contribution in [-0.4, -0.2) is 25.2 Å². The molecule has 0 atom stereocenters. The van der Waals surface area contributed by atoms with Crippen molar-refractivity contribution < 1.29 is 23.8 Å². The summed E-state index contributed by atoms with van der Waals surface area (Å²) in [5.74, 6) is 0.168. The number of carbonyl (C=O) groups excluding carboxylic acids is 2. The molecule has 0 aliphatic rings. The highest BCUT2D eigenvalue weighted by Gasteiger charge is 2.15. The zero-order valence-corrected chi connectivity index (χ0v) is 21.7. The quantitative estimate of drug-likeness (QED) is 0.111. The number of ether oxygens (including phenoxy) is 3. The van der Waals surface area contributed by atoms with Crippen LogP contribution >= 0.6 is 23.2 Å². The second-order valence-corrected chi connectivity index (χ2v) is 8.76. The van der Waals surface area contributed by atoms with Crippen LogP contribution < -0.4 is 19.6 Å². The highest BCUT2D eigenvalue weighted by atomic mass is 35.5. The molecule has 0 radical (unpaired) electrons. The van der Waals surface area contributed by atoms with E-state index < -0.39 is 5.97 Å². The smallest absolute Gasteiger partial charge is 0.345 e. The minimum Gasteiger partial charge on any atom is -0.493 e. The van der Waals surface area contributed by atoms with E-state index >= 15 is 0 Å². The molecule has 0 bridgehead atoms. The fourth-order valence-corrected chi connectivity index (χ4v) is 3.65. The lowest BCUT2D eigenvalue weighted by Gasteiger charge is -2.10. The molecule has 4 aromatic rings. The number of hydrazone groups is 1. The molecule has 4 aromatic carbocycles. The van der Waals surface area contributed by atoms with Gasteiger partial charge in [-0.2, -0.15) is 5.10 Å². The Kier molecular flexibility index (Phi) is 8.98. The van der Waals surface area contributed by atoms with E-state index in [-0.39, 0.29) is 22.2 Å². The first-order valence-electron chi connectivity index (χ1n) is 11.4. The SMILES string of the molecule is COc1cc(/C=N/NC(=O)c2ccc(OCc3ccc(Cl)cc3)cc2)ccc1OC(=O)c1ccccc1Cl. The molecule has 0 aliphatic heterocycles. The van der Waals surface area contributed by atoms with Crippen molar-refractivity contribution >= 4 is 41.3 Å². The zero-order chi connectivity index (χ0) is 26.9. The molecule has 9 heteroatoms. The van der Waals surface area contributed by atoms with Crippen molar-refractivity contribution in [2.45, 2.75) is 6.61 Å². The number of esters is 1. The maximum Gasteiger partial charge on any atom is 0.345 e. The van der Waals surface area contributed by atoms with E-state index in [0.717, 1.165) is 5.56 Å². The van der Waals surface area contributed by atoms with Gasteiger partial charge in [0.2, 0.25) is 0 Å². The Hall–Kier alpha value is -4.33. The van der Waals surface area contributed by atoms with Gasteiger partial charge in [0, 0.05) is 10.6 Å².